The third-order valence-corrected chi connectivity index (χ3v) is 3.00. The molecule has 0 amide bonds. The van der Waals surface area contributed by atoms with E-state index >= 15 is 0 Å². The van der Waals surface area contributed by atoms with Crippen LogP contribution in [0.2, 0.25) is 0 Å². The molecule has 5 nitrogen and oxygen atoms in total. The van der Waals surface area contributed by atoms with Crippen molar-refractivity contribution in [3.05, 3.63) is 40.2 Å². The van der Waals surface area contributed by atoms with Crippen molar-refractivity contribution in [2.75, 3.05) is 27.2 Å². The second kappa shape index (κ2) is 5.86. The fourth-order valence-corrected chi connectivity index (χ4v) is 2.02. The molecule has 0 spiro atoms. The molecule has 0 aliphatic heterocycles. The Morgan fingerprint density at radius 3 is 2.89 bits per heavy atom. The van der Waals surface area contributed by atoms with Gasteiger partial charge in [-0.25, -0.2) is 4.79 Å². The van der Waals surface area contributed by atoms with E-state index in [0.717, 1.165) is 24.0 Å². The van der Waals surface area contributed by atoms with Gasteiger partial charge in [0.15, 0.2) is 0 Å². The molecule has 0 saturated heterocycles. The second-order valence-corrected chi connectivity index (χ2v) is 4.61. The molecule has 1 aromatic heterocycles. The highest BCUT2D eigenvalue weighted by Crippen LogP contribution is 2.22. The lowest BCUT2D eigenvalue weighted by Gasteiger charge is -2.17. The third kappa shape index (κ3) is 3.33. The summed E-state index contributed by atoms with van der Waals surface area (Å²) in [6.45, 7) is 2.43. The quantitative estimate of drug-likeness (QED) is 0.791. The summed E-state index contributed by atoms with van der Waals surface area (Å²) in [4.78, 5) is 13.7. The number of fused-ring (bicyclic) bond motifs is 1. The number of hydrogen-bond donors (Lipinski definition) is 2. The number of likely N-dealkylation sites (N-methyl/N-ethyl adjacent to an activating group) is 2. The van der Waals surface area contributed by atoms with Crippen LogP contribution in [-0.2, 0) is 6.54 Å². The summed E-state index contributed by atoms with van der Waals surface area (Å²) >= 11 is 0. The van der Waals surface area contributed by atoms with Crippen LogP contribution in [0.25, 0.3) is 11.0 Å². The van der Waals surface area contributed by atoms with Gasteiger partial charge in [-0.2, -0.15) is 0 Å². The topological polar surface area (TPSA) is 65.7 Å². The first kappa shape index (κ1) is 13.6. The molecule has 0 atom stereocenters. The van der Waals surface area contributed by atoms with Gasteiger partial charge in [0, 0.05) is 37.2 Å². The Morgan fingerprint density at radius 2 is 2.16 bits per heavy atom. The monoisotopic (exact) mass is 262 g/mol. The minimum atomic E-state index is -0.393. The SMILES string of the molecule is CNCCN(C)Cc1cc(=O)oc2cc(O)ccc12. The van der Waals surface area contributed by atoms with E-state index in [0.29, 0.717) is 12.1 Å². The van der Waals surface area contributed by atoms with Crippen LogP contribution in [0, 0.1) is 0 Å². The minimum Gasteiger partial charge on any atom is -0.508 e. The molecular weight excluding hydrogens is 244 g/mol. The molecular formula is C14H18N2O3. The van der Waals surface area contributed by atoms with Crippen molar-refractivity contribution >= 4 is 11.0 Å². The predicted molar refractivity (Wildman–Crippen MR) is 74.4 cm³/mol. The Bertz CT molecular complexity index is 622. The van der Waals surface area contributed by atoms with Crippen LogP contribution >= 0.6 is 0 Å². The van der Waals surface area contributed by atoms with E-state index in [2.05, 4.69) is 10.2 Å². The molecule has 19 heavy (non-hydrogen) atoms. The molecule has 1 aromatic carbocycles. The smallest absolute Gasteiger partial charge is 0.336 e. The zero-order valence-corrected chi connectivity index (χ0v) is 11.1. The molecule has 2 aromatic rings. The summed E-state index contributed by atoms with van der Waals surface area (Å²) in [6.07, 6.45) is 0. The summed E-state index contributed by atoms with van der Waals surface area (Å²) in [5.41, 5.74) is 0.935. The summed E-state index contributed by atoms with van der Waals surface area (Å²) in [5.74, 6) is 0.0938. The predicted octanol–water partition coefficient (Wildman–Crippen LogP) is 1.15. The van der Waals surface area contributed by atoms with Crippen molar-refractivity contribution in [1.29, 1.82) is 0 Å². The molecule has 2 N–H and O–H groups in total. The average molecular weight is 262 g/mol. The van der Waals surface area contributed by atoms with Crippen LogP contribution in [0.4, 0.5) is 0 Å². The number of phenols is 1. The van der Waals surface area contributed by atoms with Crippen LogP contribution < -0.4 is 10.9 Å². The van der Waals surface area contributed by atoms with Crippen LogP contribution in [0.1, 0.15) is 5.56 Å². The Hall–Kier alpha value is -1.85. The van der Waals surface area contributed by atoms with E-state index < -0.39 is 5.63 Å². The van der Waals surface area contributed by atoms with E-state index in [1.807, 2.05) is 14.1 Å². The van der Waals surface area contributed by atoms with Crippen LogP contribution in [-0.4, -0.2) is 37.2 Å². The lowest BCUT2D eigenvalue weighted by Crippen LogP contribution is -2.27. The normalized spacial score (nSPS) is 11.3. The summed E-state index contributed by atoms with van der Waals surface area (Å²) < 4.78 is 5.10. The van der Waals surface area contributed by atoms with Gasteiger partial charge in [0.1, 0.15) is 11.3 Å². The zero-order chi connectivity index (χ0) is 13.8. The number of hydrogen-bond acceptors (Lipinski definition) is 5. The minimum absolute atomic E-state index is 0.0938. The van der Waals surface area contributed by atoms with Crippen molar-refractivity contribution in [3.8, 4) is 5.75 Å². The van der Waals surface area contributed by atoms with E-state index in [-0.39, 0.29) is 5.75 Å². The highest BCUT2D eigenvalue weighted by Gasteiger charge is 2.08. The van der Waals surface area contributed by atoms with Gasteiger partial charge < -0.3 is 19.7 Å². The van der Waals surface area contributed by atoms with Gasteiger partial charge in [-0.1, -0.05) is 0 Å². The molecule has 0 bridgehead atoms. The molecule has 1 heterocycles. The van der Waals surface area contributed by atoms with E-state index in [4.69, 9.17) is 4.42 Å². The first-order valence-corrected chi connectivity index (χ1v) is 6.19. The maximum Gasteiger partial charge on any atom is 0.336 e. The summed E-state index contributed by atoms with van der Waals surface area (Å²) in [5, 5.41) is 13.4. The first-order chi connectivity index (χ1) is 9.10. The molecule has 0 aliphatic rings. The lowest BCUT2D eigenvalue weighted by molar-refractivity contribution is 0.328. The van der Waals surface area contributed by atoms with Crippen LogP contribution in [0.5, 0.6) is 5.75 Å². The number of aromatic hydroxyl groups is 1. The Labute approximate surface area is 111 Å². The number of nitrogens with one attached hydrogen (secondary N) is 1. The van der Waals surface area contributed by atoms with Crippen molar-refractivity contribution in [1.82, 2.24) is 10.2 Å². The molecule has 0 aliphatic carbocycles. The van der Waals surface area contributed by atoms with Crippen molar-refractivity contribution in [2.24, 2.45) is 0 Å². The van der Waals surface area contributed by atoms with Gasteiger partial charge in [-0.15, -0.1) is 0 Å². The molecule has 0 fully saturated rings. The van der Waals surface area contributed by atoms with Gasteiger partial charge in [0.2, 0.25) is 0 Å². The van der Waals surface area contributed by atoms with Gasteiger partial charge >= 0.3 is 5.63 Å². The largest absolute Gasteiger partial charge is 0.508 e. The second-order valence-electron chi connectivity index (χ2n) is 4.61. The fraction of sp³-hybridized carbons (Fsp3) is 0.357. The molecule has 0 radical (unpaired) electrons. The van der Waals surface area contributed by atoms with Crippen molar-refractivity contribution in [3.63, 3.8) is 0 Å². The molecule has 5 heteroatoms. The van der Waals surface area contributed by atoms with Gasteiger partial charge in [0.25, 0.3) is 0 Å². The molecule has 0 unspecified atom stereocenters. The molecule has 0 saturated carbocycles. The highest BCUT2D eigenvalue weighted by atomic mass is 16.4. The maximum absolute atomic E-state index is 11.5. The van der Waals surface area contributed by atoms with Crippen molar-refractivity contribution < 1.29 is 9.52 Å². The number of phenolic OH excluding ortho intramolecular Hbond substituents is 1. The zero-order valence-electron chi connectivity index (χ0n) is 11.1. The van der Waals surface area contributed by atoms with Gasteiger partial charge in [-0.3, -0.25) is 0 Å². The summed E-state index contributed by atoms with van der Waals surface area (Å²) in [6, 6.07) is 6.34. The maximum atomic E-state index is 11.5. The molecule has 2 rings (SSSR count). The summed E-state index contributed by atoms with van der Waals surface area (Å²) in [7, 11) is 3.90. The van der Waals surface area contributed by atoms with Crippen molar-refractivity contribution in [2.45, 2.75) is 6.54 Å². The Kier molecular flexibility index (Phi) is 4.19. The molecule has 102 valence electrons. The first-order valence-electron chi connectivity index (χ1n) is 6.19. The Morgan fingerprint density at radius 1 is 1.37 bits per heavy atom. The van der Waals surface area contributed by atoms with Crippen LogP contribution in [0.3, 0.4) is 0 Å². The van der Waals surface area contributed by atoms with Gasteiger partial charge in [-0.05, 0) is 31.8 Å². The van der Waals surface area contributed by atoms with Crippen LogP contribution in [0.15, 0.2) is 33.5 Å². The third-order valence-electron chi connectivity index (χ3n) is 3.00. The Balaban J connectivity index is 2.34. The standard InChI is InChI=1S/C14H18N2O3/c1-15-5-6-16(2)9-10-7-14(18)19-13-8-11(17)3-4-12(10)13/h3-4,7-8,15,17H,5-6,9H2,1-2H3. The highest BCUT2D eigenvalue weighted by molar-refractivity contribution is 5.81. The van der Waals surface area contributed by atoms with E-state index in [1.165, 1.54) is 12.1 Å². The fourth-order valence-electron chi connectivity index (χ4n) is 2.02. The van der Waals surface area contributed by atoms with E-state index in [1.54, 1.807) is 12.1 Å². The number of rotatable bonds is 5. The van der Waals surface area contributed by atoms with E-state index in [9.17, 15) is 9.90 Å². The van der Waals surface area contributed by atoms with Gasteiger partial charge in [0.05, 0.1) is 0 Å². The number of benzene rings is 1. The number of nitrogens with zero attached hydrogens (tertiary/aromatic N) is 1. The lowest BCUT2D eigenvalue weighted by atomic mass is 10.1. The average Bonchev–Trinajstić information content (AvgIpc) is 2.35.